The number of benzene rings is 1. The summed E-state index contributed by atoms with van der Waals surface area (Å²) in [5.74, 6) is -8.16. The lowest BCUT2D eigenvalue weighted by Crippen LogP contribution is -2.27. The van der Waals surface area contributed by atoms with E-state index >= 15 is 0 Å². The van der Waals surface area contributed by atoms with E-state index in [4.69, 9.17) is 16.7 Å². The summed E-state index contributed by atoms with van der Waals surface area (Å²) in [5.41, 5.74) is -2.55. The third kappa shape index (κ3) is 2.43. The summed E-state index contributed by atoms with van der Waals surface area (Å²) >= 11 is 5.05. The Kier molecular flexibility index (Phi) is 3.90. The minimum atomic E-state index is -1.73. The van der Waals surface area contributed by atoms with Crippen LogP contribution in [-0.4, -0.2) is 11.1 Å². The third-order valence-corrected chi connectivity index (χ3v) is 2.83. The molecule has 18 heavy (non-hydrogen) atoms. The van der Waals surface area contributed by atoms with Gasteiger partial charge in [-0.25, -0.2) is 17.6 Å². The minimum Gasteiger partial charge on any atom is -0.481 e. The molecule has 0 aliphatic heterocycles. The predicted octanol–water partition coefficient (Wildman–Crippen LogP) is 3.55. The molecule has 0 heterocycles. The number of carboxylic acid groups (broad SMARTS) is 1. The zero-order valence-corrected chi connectivity index (χ0v) is 10.2. The number of carboxylic acids is 1. The van der Waals surface area contributed by atoms with Crippen LogP contribution in [0.2, 0.25) is 5.02 Å². The third-order valence-electron chi connectivity index (χ3n) is 2.50. The molecular weight excluding hydrogens is 276 g/mol. The highest BCUT2D eigenvalue weighted by Gasteiger charge is 2.33. The fraction of sp³-hybridized carbons (Fsp3) is 0.364. The minimum absolute atomic E-state index is 0.703. The Morgan fingerprint density at radius 3 is 1.83 bits per heavy atom. The standard InChI is InChI=1S/C11H9ClF4O2/c1-11(2,10(17)18)3-4-6(13)8(15)5(12)9(16)7(4)14/h3H2,1-2H3,(H,17,18). The van der Waals surface area contributed by atoms with Crippen LogP contribution in [0.3, 0.4) is 0 Å². The molecule has 0 aliphatic rings. The van der Waals surface area contributed by atoms with Crippen molar-refractivity contribution in [1.29, 1.82) is 0 Å². The van der Waals surface area contributed by atoms with Crippen LogP contribution < -0.4 is 0 Å². The molecular formula is C11H9ClF4O2. The number of rotatable bonds is 3. The molecule has 2 nitrogen and oxygen atoms in total. The molecule has 0 unspecified atom stereocenters. The zero-order chi connectivity index (χ0) is 14.2. The number of hydrogen-bond acceptors (Lipinski definition) is 1. The molecule has 0 saturated carbocycles. The van der Waals surface area contributed by atoms with Gasteiger partial charge in [0.1, 0.15) is 5.02 Å². The number of halogens is 5. The number of hydrogen-bond donors (Lipinski definition) is 1. The number of aliphatic carboxylic acids is 1. The van der Waals surface area contributed by atoms with Gasteiger partial charge in [-0.15, -0.1) is 0 Å². The lowest BCUT2D eigenvalue weighted by atomic mass is 9.85. The molecule has 1 rings (SSSR count). The van der Waals surface area contributed by atoms with E-state index in [0.717, 1.165) is 0 Å². The van der Waals surface area contributed by atoms with Crippen molar-refractivity contribution in [1.82, 2.24) is 0 Å². The highest BCUT2D eigenvalue weighted by atomic mass is 35.5. The molecule has 100 valence electrons. The van der Waals surface area contributed by atoms with Crippen LogP contribution in [0.15, 0.2) is 0 Å². The van der Waals surface area contributed by atoms with Gasteiger partial charge in [0.25, 0.3) is 0 Å². The second-order valence-corrected chi connectivity index (χ2v) is 4.79. The molecule has 0 spiro atoms. The first-order valence-electron chi connectivity index (χ1n) is 4.83. The van der Waals surface area contributed by atoms with Gasteiger partial charge in [-0.05, 0) is 20.3 Å². The summed E-state index contributed by atoms with van der Waals surface area (Å²) < 4.78 is 53.2. The van der Waals surface area contributed by atoms with Crippen LogP contribution >= 0.6 is 11.6 Å². The fourth-order valence-electron chi connectivity index (χ4n) is 1.32. The highest BCUT2D eigenvalue weighted by Crippen LogP contribution is 2.32. The van der Waals surface area contributed by atoms with E-state index in [-0.39, 0.29) is 0 Å². The van der Waals surface area contributed by atoms with Crippen molar-refractivity contribution in [2.24, 2.45) is 5.41 Å². The van der Waals surface area contributed by atoms with Crippen LogP contribution in [-0.2, 0) is 11.2 Å². The maximum atomic E-state index is 13.4. The Bertz CT molecular complexity index is 485. The smallest absolute Gasteiger partial charge is 0.309 e. The quantitative estimate of drug-likeness (QED) is 0.523. The summed E-state index contributed by atoms with van der Waals surface area (Å²) in [6, 6.07) is 0. The second-order valence-electron chi connectivity index (χ2n) is 4.41. The molecule has 0 atom stereocenters. The van der Waals surface area contributed by atoms with Gasteiger partial charge in [-0.2, -0.15) is 0 Å². The van der Waals surface area contributed by atoms with Crippen molar-refractivity contribution >= 4 is 17.6 Å². The van der Waals surface area contributed by atoms with Crippen molar-refractivity contribution in [3.8, 4) is 0 Å². The van der Waals surface area contributed by atoms with E-state index < -0.39 is 51.7 Å². The molecule has 1 aromatic rings. The van der Waals surface area contributed by atoms with Gasteiger partial charge in [-0.3, -0.25) is 4.79 Å². The van der Waals surface area contributed by atoms with E-state index in [1.54, 1.807) is 0 Å². The molecule has 0 aromatic heterocycles. The fourth-order valence-corrected chi connectivity index (χ4v) is 1.49. The summed E-state index contributed by atoms with van der Waals surface area (Å²) in [4.78, 5) is 10.8. The molecule has 1 aromatic carbocycles. The van der Waals surface area contributed by atoms with Gasteiger partial charge in [0, 0.05) is 5.56 Å². The molecule has 7 heteroatoms. The topological polar surface area (TPSA) is 37.3 Å². The normalized spacial score (nSPS) is 11.7. The van der Waals surface area contributed by atoms with E-state index in [0.29, 0.717) is 0 Å². The first kappa shape index (κ1) is 14.8. The molecule has 0 amide bonds. The van der Waals surface area contributed by atoms with Crippen molar-refractivity contribution in [3.05, 3.63) is 33.9 Å². The van der Waals surface area contributed by atoms with Gasteiger partial charge in [0.2, 0.25) is 0 Å². The van der Waals surface area contributed by atoms with Crippen LogP contribution in [0.1, 0.15) is 19.4 Å². The Balaban J connectivity index is 3.39. The molecule has 0 aliphatic carbocycles. The Morgan fingerprint density at radius 1 is 1.11 bits per heavy atom. The average molecular weight is 285 g/mol. The SMILES string of the molecule is CC(C)(Cc1c(F)c(F)c(Cl)c(F)c1F)C(=O)O. The number of carbonyl (C=O) groups is 1. The summed E-state index contributed by atoms with van der Waals surface area (Å²) in [5, 5.41) is 7.53. The molecule has 1 N–H and O–H groups in total. The van der Waals surface area contributed by atoms with Crippen LogP contribution in [0.4, 0.5) is 17.6 Å². The van der Waals surface area contributed by atoms with Crippen molar-refractivity contribution in [2.75, 3.05) is 0 Å². The van der Waals surface area contributed by atoms with Crippen molar-refractivity contribution in [2.45, 2.75) is 20.3 Å². The first-order valence-corrected chi connectivity index (χ1v) is 5.21. The average Bonchev–Trinajstić information content (AvgIpc) is 2.29. The van der Waals surface area contributed by atoms with E-state index in [2.05, 4.69) is 0 Å². The van der Waals surface area contributed by atoms with Gasteiger partial charge in [-0.1, -0.05) is 11.6 Å². The van der Waals surface area contributed by atoms with Gasteiger partial charge >= 0.3 is 5.97 Å². The van der Waals surface area contributed by atoms with E-state index in [9.17, 15) is 22.4 Å². The molecule has 0 fully saturated rings. The zero-order valence-electron chi connectivity index (χ0n) is 9.45. The van der Waals surface area contributed by atoms with Crippen LogP contribution in [0.25, 0.3) is 0 Å². The van der Waals surface area contributed by atoms with Gasteiger partial charge < -0.3 is 5.11 Å². The Morgan fingerprint density at radius 2 is 1.50 bits per heavy atom. The summed E-state index contributed by atoms with van der Waals surface area (Å²) in [6.45, 7) is 2.36. The Labute approximate surface area is 105 Å². The molecule has 0 saturated heterocycles. The molecule has 0 radical (unpaired) electrons. The lowest BCUT2D eigenvalue weighted by Gasteiger charge is -2.20. The lowest BCUT2D eigenvalue weighted by molar-refractivity contribution is -0.146. The largest absolute Gasteiger partial charge is 0.481 e. The monoisotopic (exact) mass is 284 g/mol. The second kappa shape index (κ2) is 4.76. The predicted molar refractivity (Wildman–Crippen MR) is 56.4 cm³/mol. The van der Waals surface area contributed by atoms with Crippen LogP contribution in [0.5, 0.6) is 0 Å². The van der Waals surface area contributed by atoms with Crippen molar-refractivity contribution < 1.29 is 27.5 Å². The summed E-state index contributed by atoms with van der Waals surface area (Å²) in [6.07, 6.45) is -0.703. The van der Waals surface area contributed by atoms with E-state index in [1.165, 1.54) is 13.8 Å². The highest BCUT2D eigenvalue weighted by molar-refractivity contribution is 6.30. The Hall–Kier alpha value is -1.30. The van der Waals surface area contributed by atoms with Crippen molar-refractivity contribution in [3.63, 3.8) is 0 Å². The summed E-state index contributed by atoms with van der Waals surface area (Å²) in [7, 11) is 0. The van der Waals surface area contributed by atoms with Crippen LogP contribution in [0, 0.1) is 28.7 Å². The van der Waals surface area contributed by atoms with Gasteiger partial charge in [0.15, 0.2) is 23.3 Å². The molecule has 0 bridgehead atoms. The van der Waals surface area contributed by atoms with Gasteiger partial charge in [0.05, 0.1) is 5.41 Å². The maximum Gasteiger partial charge on any atom is 0.309 e. The first-order chi connectivity index (χ1) is 8.09. The van der Waals surface area contributed by atoms with E-state index in [1.807, 2.05) is 0 Å². The maximum absolute atomic E-state index is 13.4.